The minimum absolute atomic E-state index is 0.0131. The van der Waals surface area contributed by atoms with E-state index in [4.69, 9.17) is 4.74 Å². The molecule has 1 aromatic heterocycles. The number of nitrogens with zero attached hydrogens (tertiary/aromatic N) is 2. The number of thiazole rings is 1. The summed E-state index contributed by atoms with van der Waals surface area (Å²) in [5, 5.41) is 11.8. The number of carbonyl (C=O) groups excluding carboxylic acids is 2. The Kier molecular flexibility index (Phi) is 6.16. The molecule has 7 heteroatoms. The summed E-state index contributed by atoms with van der Waals surface area (Å²) in [5.41, 5.74) is 3.51. The lowest BCUT2D eigenvalue weighted by Crippen LogP contribution is -2.31. The Balaban J connectivity index is 1.68. The molecule has 0 bridgehead atoms. The van der Waals surface area contributed by atoms with Crippen molar-refractivity contribution in [3.8, 4) is 16.3 Å². The van der Waals surface area contributed by atoms with Gasteiger partial charge in [0.2, 0.25) is 5.78 Å². The van der Waals surface area contributed by atoms with Gasteiger partial charge in [0.25, 0.3) is 5.91 Å². The number of hydrogen-bond acceptors (Lipinski definition) is 6. The van der Waals surface area contributed by atoms with Gasteiger partial charge in [0, 0.05) is 16.8 Å². The van der Waals surface area contributed by atoms with Gasteiger partial charge in [-0.1, -0.05) is 66.7 Å². The molecule has 1 aliphatic rings. The fourth-order valence-electron chi connectivity index (χ4n) is 4.54. The van der Waals surface area contributed by atoms with E-state index in [1.807, 2.05) is 79.7 Å². The Labute approximate surface area is 213 Å². The minimum Gasteiger partial charge on any atom is -0.503 e. The van der Waals surface area contributed by atoms with Crippen LogP contribution in [-0.2, 0) is 4.79 Å². The highest BCUT2D eigenvalue weighted by Gasteiger charge is 2.46. The number of amides is 1. The van der Waals surface area contributed by atoms with Crippen molar-refractivity contribution in [2.45, 2.75) is 19.9 Å². The summed E-state index contributed by atoms with van der Waals surface area (Å²) < 4.78 is 5.60. The summed E-state index contributed by atoms with van der Waals surface area (Å²) in [6.07, 6.45) is 0. The molecule has 0 spiro atoms. The zero-order valence-electron chi connectivity index (χ0n) is 20.1. The predicted molar refractivity (Wildman–Crippen MR) is 141 cm³/mol. The van der Waals surface area contributed by atoms with Crippen LogP contribution >= 0.6 is 11.3 Å². The van der Waals surface area contributed by atoms with Crippen molar-refractivity contribution in [2.24, 2.45) is 0 Å². The topological polar surface area (TPSA) is 79.7 Å². The summed E-state index contributed by atoms with van der Waals surface area (Å²) >= 11 is 1.25. The largest absolute Gasteiger partial charge is 0.503 e. The van der Waals surface area contributed by atoms with Crippen LogP contribution in [0.2, 0.25) is 0 Å². The molecule has 1 atom stereocenters. The van der Waals surface area contributed by atoms with E-state index in [2.05, 4.69) is 4.98 Å². The van der Waals surface area contributed by atoms with Crippen molar-refractivity contribution in [3.05, 3.63) is 112 Å². The minimum atomic E-state index is -0.871. The second kappa shape index (κ2) is 9.43. The van der Waals surface area contributed by atoms with Gasteiger partial charge in [0.1, 0.15) is 10.8 Å². The molecule has 1 amide bonds. The van der Waals surface area contributed by atoms with Crippen LogP contribution in [0.25, 0.3) is 10.6 Å². The van der Waals surface area contributed by atoms with Crippen LogP contribution in [0.3, 0.4) is 0 Å². The number of Topliss-reactive ketones (excluding diaryl/α,β-unsaturated/α-hetero) is 1. The summed E-state index contributed by atoms with van der Waals surface area (Å²) in [7, 11) is 1.54. The van der Waals surface area contributed by atoms with Crippen LogP contribution in [-0.4, -0.2) is 28.9 Å². The highest BCUT2D eigenvalue weighted by molar-refractivity contribution is 7.17. The first-order chi connectivity index (χ1) is 17.4. The molecule has 36 heavy (non-hydrogen) atoms. The number of methoxy groups -OCH3 is 1. The second-order valence-corrected chi connectivity index (χ2v) is 9.50. The van der Waals surface area contributed by atoms with Gasteiger partial charge in [0.05, 0.1) is 29.3 Å². The zero-order valence-corrected chi connectivity index (χ0v) is 20.9. The van der Waals surface area contributed by atoms with Crippen LogP contribution in [0.5, 0.6) is 5.75 Å². The van der Waals surface area contributed by atoms with E-state index in [1.165, 1.54) is 23.3 Å². The number of ether oxygens (including phenoxy) is 1. The molecule has 180 valence electrons. The maximum atomic E-state index is 14.0. The number of anilines is 1. The smallest absolute Gasteiger partial charge is 0.294 e. The summed E-state index contributed by atoms with van der Waals surface area (Å²) in [4.78, 5) is 34.0. The first-order valence-electron chi connectivity index (χ1n) is 11.4. The van der Waals surface area contributed by atoms with Gasteiger partial charge < -0.3 is 9.84 Å². The summed E-state index contributed by atoms with van der Waals surface area (Å²) in [5.74, 6) is -1.10. The van der Waals surface area contributed by atoms with Crippen LogP contribution in [0.15, 0.2) is 90.2 Å². The average Bonchev–Trinajstić information content (AvgIpc) is 3.41. The van der Waals surface area contributed by atoms with Crippen LogP contribution < -0.4 is 9.64 Å². The third-order valence-electron chi connectivity index (χ3n) is 6.28. The molecule has 0 fully saturated rings. The Morgan fingerprint density at radius 2 is 1.64 bits per heavy atom. The summed E-state index contributed by atoms with van der Waals surface area (Å²) in [6, 6.07) is 23.4. The average molecular weight is 497 g/mol. The molecule has 0 saturated carbocycles. The normalized spacial score (nSPS) is 15.5. The standard InChI is InChI=1S/C29H24N2O4S/c1-17-11-7-9-15-21(17)31-24(20-14-8-10-16-22(20)35-3)23(26(33)29(31)34)25(32)27-18(2)30-28(36-27)19-12-5-4-6-13-19/h4-16,24,33H,1-3H3. The number of rotatable bonds is 6. The van der Waals surface area contributed by atoms with Crippen molar-refractivity contribution >= 4 is 28.7 Å². The fourth-order valence-corrected chi connectivity index (χ4v) is 5.57. The molecule has 5 rings (SSSR count). The lowest BCUT2D eigenvalue weighted by Gasteiger charge is -2.29. The third kappa shape index (κ3) is 3.87. The number of ketones is 1. The van der Waals surface area contributed by atoms with E-state index in [1.54, 1.807) is 13.0 Å². The monoisotopic (exact) mass is 496 g/mol. The van der Waals surface area contributed by atoms with Crippen LogP contribution in [0.1, 0.15) is 32.5 Å². The lowest BCUT2D eigenvalue weighted by atomic mass is 9.94. The summed E-state index contributed by atoms with van der Waals surface area (Å²) in [6.45, 7) is 3.65. The quantitative estimate of drug-likeness (QED) is 0.321. The van der Waals surface area contributed by atoms with Crippen LogP contribution in [0.4, 0.5) is 5.69 Å². The Hall–Kier alpha value is -4.23. The molecule has 3 aromatic carbocycles. The van der Waals surface area contributed by atoms with Crippen molar-refractivity contribution in [3.63, 3.8) is 0 Å². The fraction of sp³-hybridized carbons (Fsp3) is 0.138. The maximum Gasteiger partial charge on any atom is 0.294 e. The Morgan fingerprint density at radius 1 is 0.972 bits per heavy atom. The molecular formula is C29H24N2O4S. The second-order valence-electron chi connectivity index (χ2n) is 8.50. The highest BCUT2D eigenvalue weighted by atomic mass is 32.1. The third-order valence-corrected chi connectivity index (χ3v) is 7.49. The number of aliphatic hydroxyl groups is 1. The van der Waals surface area contributed by atoms with Crippen molar-refractivity contribution in [1.29, 1.82) is 0 Å². The maximum absolute atomic E-state index is 14.0. The molecule has 0 radical (unpaired) electrons. The molecule has 4 aromatic rings. The number of benzene rings is 3. The van der Waals surface area contributed by atoms with Gasteiger partial charge in [-0.25, -0.2) is 4.98 Å². The molecule has 1 unspecified atom stereocenters. The number of hydrogen-bond donors (Lipinski definition) is 1. The van der Waals surface area contributed by atoms with E-state index < -0.39 is 23.5 Å². The number of aryl methyl sites for hydroxylation is 2. The van der Waals surface area contributed by atoms with Gasteiger partial charge in [-0.15, -0.1) is 11.3 Å². The van der Waals surface area contributed by atoms with E-state index in [-0.39, 0.29) is 5.57 Å². The van der Waals surface area contributed by atoms with Crippen molar-refractivity contribution in [1.82, 2.24) is 4.98 Å². The molecular weight excluding hydrogens is 472 g/mol. The van der Waals surface area contributed by atoms with E-state index in [9.17, 15) is 14.7 Å². The predicted octanol–water partition coefficient (Wildman–Crippen LogP) is 6.22. The molecule has 6 nitrogen and oxygen atoms in total. The van der Waals surface area contributed by atoms with Crippen molar-refractivity contribution < 1.29 is 19.4 Å². The van der Waals surface area contributed by atoms with Gasteiger partial charge in [-0.05, 0) is 31.5 Å². The molecule has 1 N–H and O–H groups in total. The molecule has 0 aliphatic carbocycles. The first-order valence-corrected chi connectivity index (χ1v) is 12.3. The lowest BCUT2D eigenvalue weighted by molar-refractivity contribution is -0.117. The van der Waals surface area contributed by atoms with Gasteiger partial charge in [-0.3, -0.25) is 14.5 Å². The Morgan fingerprint density at radius 3 is 2.36 bits per heavy atom. The van der Waals surface area contributed by atoms with Crippen molar-refractivity contribution in [2.75, 3.05) is 12.0 Å². The van der Waals surface area contributed by atoms with E-state index in [0.29, 0.717) is 32.6 Å². The number of aromatic nitrogens is 1. The van der Waals surface area contributed by atoms with Crippen LogP contribution in [0, 0.1) is 13.8 Å². The number of aliphatic hydroxyl groups excluding tert-OH is 1. The number of para-hydroxylation sites is 2. The van der Waals surface area contributed by atoms with E-state index >= 15 is 0 Å². The molecule has 1 aliphatic heterocycles. The SMILES string of the molecule is COc1ccccc1C1C(C(=O)c2sc(-c3ccccc3)nc2C)=C(O)C(=O)N1c1ccccc1C. The Bertz CT molecular complexity index is 1510. The first kappa shape index (κ1) is 23.5. The number of carbonyl (C=O) groups is 2. The zero-order chi connectivity index (χ0) is 25.4. The molecule has 2 heterocycles. The molecule has 0 saturated heterocycles. The van der Waals surface area contributed by atoms with E-state index in [0.717, 1.165) is 11.1 Å². The van der Waals surface area contributed by atoms with Gasteiger partial charge >= 0.3 is 0 Å². The van der Waals surface area contributed by atoms with Gasteiger partial charge in [0.15, 0.2) is 5.76 Å². The highest BCUT2D eigenvalue weighted by Crippen LogP contribution is 2.46. The van der Waals surface area contributed by atoms with Gasteiger partial charge in [-0.2, -0.15) is 0 Å².